The maximum absolute atomic E-state index is 10.6. The molecular formula is C24H39NO3. The van der Waals surface area contributed by atoms with Gasteiger partial charge >= 0.3 is 0 Å². The largest absolute Gasteiger partial charge is 0.410 e. The fraction of sp³-hybridized carbons (Fsp3) is 0.917. The first kappa shape index (κ1) is 19.4. The molecule has 0 aromatic carbocycles. The molecule has 5 aliphatic rings. The van der Waals surface area contributed by atoms with Crippen molar-refractivity contribution in [3.63, 3.8) is 0 Å². The summed E-state index contributed by atoms with van der Waals surface area (Å²) in [4.78, 5) is 5.59. The topological polar surface area (TPSA) is 61.7 Å². The van der Waals surface area contributed by atoms with Crippen molar-refractivity contribution in [3.8, 4) is 0 Å². The molecule has 4 saturated carbocycles. The minimum Gasteiger partial charge on any atom is -0.410 e. The SMILES string of the molecule is CC1([C@H]2CC[C@H]3[C@@H]4CC[C@H]5C[C@](C)(O)CC[C@@H]5[C@H]4CC[C@]23C)C=C(CO)ON1. The van der Waals surface area contributed by atoms with Gasteiger partial charge < -0.3 is 15.1 Å². The Morgan fingerprint density at radius 3 is 2.54 bits per heavy atom. The average molecular weight is 390 g/mol. The highest BCUT2D eigenvalue weighted by molar-refractivity contribution is 5.20. The van der Waals surface area contributed by atoms with Crippen LogP contribution < -0.4 is 5.48 Å². The highest BCUT2D eigenvalue weighted by atomic mass is 16.7. The first-order valence-corrected chi connectivity index (χ1v) is 11.7. The minimum absolute atomic E-state index is 0.0208. The Morgan fingerprint density at radius 1 is 1.00 bits per heavy atom. The van der Waals surface area contributed by atoms with Crippen LogP contribution in [0, 0.1) is 40.9 Å². The molecule has 0 bridgehead atoms. The Morgan fingerprint density at radius 2 is 1.79 bits per heavy atom. The average Bonchev–Trinajstić information content (AvgIpc) is 3.21. The quantitative estimate of drug-likeness (QED) is 0.663. The molecule has 1 unspecified atom stereocenters. The van der Waals surface area contributed by atoms with Crippen LogP contribution in [0.15, 0.2) is 11.8 Å². The third kappa shape index (κ3) is 2.81. The molecule has 4 aliphatic carbocycles. The van der Waals surface area contributed by atoms with Gasteiger partial charge in [-0.2, -0.15) is 0 Å². The lowest BCUT2D eigenvalue weighted by Gasteiger charge is -2.57. The summed E-state index contributed by atoms with van der Waals surface area (Å²) in [7, 11) is 0. The molecule has 9 atom stereocenters. The smallest absolute Gasteiger partial charge is 0.147 e. The van der Waals surface area contributed by atoms with Crippen LogP contribution >= 0.6 is 0 Å². The monoisotopic (exact) mass is 389 g/mol. The summed E-state index contributed by atoms with van der Waals surface area (Å²) in [5.41, 5.74) is 3.06. The lowest BCUT2D eigenvalue weighted by molar-refractivity contribution is -0.106. The highest BCUT2D eigenvalue weighted by Crippen LogP contribution is 2.66. The number of fused-ring (bicyclic) bond motifs is 5. The Bertz CT molecular complexity index is 660. The van der Waals surface area contributed by atoms with E-state index in [0.717, 1.165) is 42.4 Å². The second kappa shape index (κ2) is 6.46. The fourth-order valence-electron chi connectivity index (χ4n) is 8.89. The van der Waals surface area contributed by atoms with E-state index in [2.05, 4.69) is 32.3 Å². The van der Waals surface area contributed by atoms with Gasteiger partial charge in [-0.25, -0.2) is 0 Å². The zero-order valence-corrected chi connectivity index (χ0v) is 17.9. The summed E-state index contributed by atoms with van der Waals surface area (Å²) in [6.07, 6.45) is 13.4. The van der Waals surface area contributed by atoms with Crippen molar-refractivity contribution in [1.82, 2.24) is 5.48 Å². The fourth-order valence-corrected chi connectivity index (χ4v) is 8.89. The van der Waals surface area contributed by atoms with Crippen LogP contribution in [-0.4, -0.2) is 28.0 Å². The maximum Gasteiger partial charge on any atom is 0.147 e. The van der Waals surface area contributed by atoms with E-state index in [9.17, 15) is 10.2 Å². The number of hydrogen-bond donors (Lipinski definition) is 3. The van der Waals surface area contributed by atoms with Gasteiger partial charge in [-0.15, -0.1) is 5.48 Å². The molecule has 0 saturated heterocycles. The number of hydrogen-bond acceptors (Lipinski definition) is 4. The van der Waals surface area contributed by atoms with E-state index >= 15 is 0 Å². The number of rotatable bonds is 2. The zero-order valence-electron chi connectivity index (χ0n) is 17.9. The summed E-state index contributed by atoms with van der Waals surface area (Å²) in [6, 6.07) is 0. The molecule has 4 nitrogen and oxygen atoms in total. The molecule has 1 aliphatic heterocycles. The van der Waals surface area contributed by atoms with Crippen LogP contribution in [0.3, 0.4) is 0 Å². The van der Waals surface area contributed by atoms with Crippen LogP contribution in [0.25, 0.3) is 0 Å². The molecule has 3 N–H and O–H groups in total. The summed E-state index contributed by atoms with van der Waals surface area (Å²) in [5, 5.41) is 20.1. The van der Waals surface area contributed by atoms with Crippen LogP contribution in [0.4, 0.5) is 0 Å². The van der Waals surface area contributed by atoms with Gasteiger partial charge in [-0.05, 0) is 119 Å². The third-order valence-electron chi connectivity index (χ3n) is 9.98. The van der Waals surface area contributed by atoms with Crippen molar-refractivity contribution in [2.45, 2.75) is 89.7 Å². The molecule has 0 spiro atoms. The van der Waals surface area contributed by atoms with Gasteiger partial charge in [0.2, 0.25) is 0 Å². The third-order valence-corrected chi connectivity index (χ3v) is 9.98. The lowest BCUT2D eigenvalue weighted by atomic mass is 9.48. The van der Waals surface area contributed by atoms with Crippen molar-refractivity contribution in [2.75, 3.05) is 6.61 Å². The molecule has 4 heteroatoms. The van der Waals surface area contributed by atoms with E-state index in [1.807, 2.05) is 0 Å². The lowest BCUT2D eigenvalue weighted by Crippen LogP contribution is -2.54. The van der Waals surface area contributed by atoms with Crippen molar-refractivity contribution >= 4 is 0 Å². The summed E-state index contributed by atoms with van der Waals surface area (Å²) in [5.74, 6) is 5.44. The first-order valence-electron chi connectivity index (χ1n) is 11.7. The normalized spacial score (nSPS) is 55.7. The second-order valence-corrected chi connectivity index (χ2v) is 11.6. The van der Waals surface area contributed by atoms with Crippen molar-refractivity contribution in [3.05, 3.63) is 11.8 Å². The van der Waals surface area contributed by atoms with E-state index in [1.165, 1.54) is 44.9 Å². The molecular weight excluding hydrogens is 350 g/mol. The summed E-state index contributed by atoms with van der Waals surface area (Å²) < 4.78 is 0. The van der Waals surface area contributed by atoms with Gasteiger partial charge in [0, 0.05) is 0 Å². The molecule has 4 fully saturated rings. The van der Waals surface area contributed by atoms with Crippen LogP contribution in [0.2, 0.25) is 0 Å². The van der Waals surface area contributed by atoms with E-state index in [-0.39, 0.29) is 12.1 Å². The molecule has 0 amide bonds. The van der Waals surface area contributed by atoms with Gasteiger partial charge in [0.05, 0.1) is 11.1 Å². The van der Waals surface area contributed by atoms with Gasteiger partial charge in [0.1, 0.15) is 12.4 Å². The Balaban J connectivity index is 1.37. The van der Waals surface area contributed by atoms with Crippen molar-refractivity contribution < 1.29 is 15.1 Å². The van der Waals surface area contributed by atoms with Gasteiger partial charge in [0.25, 0.3) is 0 Å². The van der Waals surface area contributed by atoms with Crippen molar-refractivity contribution in [1.29, 1.82) is 0 Å². The molecule has 0 aromatic heterocycles. The van der Waals surface area contributed by atoms with Gasteiger partial charge in [-0.1, -0.05) is 6.92 Å². The Kier molecular flexibility index (Phi) is 4.47. The van der Waals surface area contributed by atoms with E-state index < -0.39 is 5.60 Å². The first-order chi connectivity index (χ1) is 13.3. The second-order valence-electron chi connectivity index (χ2n) is 11.6. The highest BCUT2D eigenvalue weighted by Gasteiger charge is 2.61. The Hall–Kier alpha value is -0.580. The standard InChI is InChI=1S/C24H39NO3/c1-22(27)10-8-17-15(12-22)4-5-19-18(17)9-11-23(2)20(19)6-7-21(23)24(3)13-16(14-26)28-25-24/h13,15,17-21,25-27H,4-12,14H2,1-3H3/t15-,17-,18+,19+,20-,21-,22+,23-,24?/m0/s1. The number of aliphatic hydroxyl groups excluding tert-OH is 1. The zero-order chi connectivity index (χ0) is 19.7. The molecule has 1 heterocycles. The number of aliphatic hydroxyl groups is 2. The van der Waals surface area contributed by atoms with E-state index in [1.54, 1.807) is 0 Å². The predicted molar refractivity (Wildman–Crippen MR) is 109 cm³/mol. The van der Waals surface area contributed by atoms with Crippen LogP contribution in [0.5, 0.6) is 0 Å². The van der Waals surface area contributed by atoms with E-state index in [4.69, 9.17) is 4.84 Å². The molecule has 5 rings (SSSR count). The van der Waals surface area contributed by atoms with Crippen molar-refractivity contribution in [2.24, 2.45) is 40.9 Å². The van der Waals surface area contributed by atoms with Crippen LogP contribution in [-0.2, 0) is 4.84 Å². The summed E-state index contributed by atoms with van der Waals surface area (Å²) in [6.45, 7) is 6.86. The van der Waals surface area contributed by atoms with Gasteiger partial charge in [0.15, 0.2) is 0 Å². The summed E-state index contributed by atoms with van der Waals surface area (Å²) >= 11 is 0. The molecule has 158 valence electrons. The van der Waals surface area contributed by atoms with Crippen LogP contribution in [0.1, 0.15) is 78.6 Å². The molecule has 0 aromatic rings. The van der Waals surface area contributed by atoms with E-state index in [0.29, 0.717) is 17.1 Å². The molecule has 28 heavy (non-hydrogen) atoms. The maximum atomic E-state index is 10.6. The predicted octanol–water partition coefficient (Wildman–Crippen LogP) is 4.18. The molecule has 0 radical (unpaired) electrons. The number of nitrogens with one attached hydrogen (secondary N) is 1. The Labute approximate surface area is 170 Å². The van der Waals surface area contributed by atoms with Gasteiger partial charge in [-0.3, -0.25) is 0 Å². The number of hydroxylamine groups is 1. The minimum atomic E-state index is -0.422.